The molecule has 15 heavy (non-hydrogen) atoms. The van der Waals surface area contributed by atoms with E-state index in [1.54, 1.807) is 6.07 Å². The highest BCUT2D eigenvalue weighted by Crippen LogP contribution is 2.27. The second-order valence-corrected chi connectivity index (χ2v) is 3.50. The average Bonchev–Trinajstić information content (AvgIpc) is 2.27. The van der Waals surface area contributed by atoms with E-state index in [9.17, 15) is 5.21 Å². The molecular formula is C12H9NO2. The minimum Gasteiger partial charge on any atom is -0.618 e. The number of nitrogens with zero attached hydrogens (tertiary/aromatic N) is 1. The van der Waals surface area contributed by atoms with Crippen molar-refractivity contribution < 1.29 is 9.47 Å². The first-order chi connectivity index (χ1) is 7.34. The molecule has 0 saturated heterocycles. The van der Waals surface area contributed by atoms with Crippen LogP contribution in [0.15, 0.2) is 36.5 Å². The molecule has 2 heterocycles. The van der Waals surface area contributed by atoms with Gasteiger partial charge in [0, 0.05) is 17.7 Å². The van der Waals surface area contributed by atoms with Crippen LogP contribution >= 0.6 is 0 Å². The third-order valence-corrected chi connectivity index (χ3v) is 2.53. The maximum Gasteiger partial charge on any atom is 0.224 e. The molecule has 74 valence electrons. The van der Waals surface area contributed by atoms with Crippen molar-refractivity contribution >= 4 is 17.0 Å². The van der Waals surface area contributed by atoms with E-state index in [4.69, 9.17) is 4.74 Å². The first-order valence-electron chi connectivity index (χ1n) is 4.80. The van der Waals surface area contributed by atoms with Crippen molar-refractivity contribution in [2.24, 2.45) is 0 Å². The Morgan fingerprint density at radius 2 is 2.27 bits per heavy atom. The summed E-state index contributed by atoms with van der Waals surface area (Å²) in [5.74, 6) is 0.844. The number of ether oxygens (including phenoxy) is 1. The minimum atomic E-state index is 0.600. The Balaban J connectivity index is 2.37. The maximum absolute atomic E-state index is 11.5. The molecule has 0 saturated carbocycles. The first-order valence-corrected chi connectivity index (χ1v) is 4.80. The van der Waals surface area contributed by atoms with Crippen LogP contribution in [-0.4, -0.2) is 6.61 Å². The molecule has 0 spiro atoms. The molecule has 0 N–H and O–H groups in total. The number of pyridine rings is 1. The molecule has 2 aromatic rings. The van der Waals surface area contributed by atoms with Crippen LogP contribution in [0.4, 0.5) is 0 Å². The predicted molar refractivity (Wildman–Crippen MR) is 57.4 cm³/mol. The van der Waals surface area contributed by atoms with E-state index < -0.39 is 0 Å². The molecule has 0 bridgehead atoms. The van der Waals surface area contributed by atoms with Gasteiger partial charge in [0.15, 0.2) is 6.20 Å². The zero-order chi connectivity index (χ0) is 10.3. The van der Waals surface area contributed by atoms with E-state index in [1.165, 1.54) is 6.20 Å². The van der Waals surface area contributed by atoms with Crippen LogP contribution < -0.4 is 9.47 Å². The van der Waals surface area contributed by atoms with Gasteiger partial charge in [-0.05, 0) is 18.2 Å². The van der Waals surface area contributed by atoms with Gasteiger partial charge in [-0.15, -0.1) is 0 Å². The molecule has 3 rings (SSSR count). The molecule has 1 aliphatic heterocycles. The Hall–Kier alpha value is -2.03. The van der Waals surface area contributed by atoms with Crippen LogP contribution in [0, 0.1) is 5.21 Å². The second-order valence-electron chi connectivity index (χ2n) is 3.50. The molecule has 0 unspecified atom stereocenters. The third-order valence-electron chi connectivity index (χ3n) is 2.53. The Kier molecular flexibility index (Phi) is 1.65. The maximum atomic E-state index is 11.5. The van der Waals surface area contributed by atoms with Gasteiger partial charge in [-0.25, -0.2) is 0 Å². The number of benzene rings is 1. The highest BCUT2D eigenvalue weighted by atomic mass is 16.5. The van der Waals surface area contributed by atoms with Crippen molar-refractivity contribution in [2.75, 3.05) is 6.61 Å². The molecule has 0 atom stereocenters. The van der Waals surface area contributed by atoms with Gasteiger partial charge in [-0.3, -0.25) is 0 Å². The lowest BCUT2D eigenvalue weighted by Crippen LogP contribution is -2.25. The van der Waals surface area contributed by atoms with Gasteiger partial charge in [0.1, 0.15) is 12.4 Å². The third kappa shape index (κ3) is 1.24. The van der Waals surface area contributed by atoms with E-state index in [-0.39, 0.29) is 0 Å². The SMILES string of the molecule is [O-][n+]1cccc2cc3c(cc21)C=CCO3. The molecule has 1 aliphatic rings. The summed E-state index contributed by atoms with van der Waals surface area (Å²) in [4.78, 5) is 0. The summed E-state index contributed by atoms with van der Waals surface area (Å²) in [6.07, 6.45) is 5.42. The highest BCUT2D eigenvalue weighted by molar-refractivity contribution is 5.82. The van der Waals surface area contributed by atoms with Crippen molar-refractivity contribution in [1.29, 1.82) is 0 Å². The smallest absolute Gasteiger partial charge is 0.224 e. The molecule has 0 radical (unpaired) electrons. The van der Waals surface area contributed by atoms with E-state index in [1.807, 2.05) is 30.4 Å². The number of fused-ring (bicyclic) bond motifs is 2. The molecule has 0 aliphatic carbocycles. The zero-order valence-electron chi connectivity index (χ0n) is 8.01. The van der Waals surface area contributed by atoms with E-state index in [2.05, 4.69) is 0 Å². The van der Waals surface area contributed by atoms with Gasteiger partial charge in [0.25, 0.3) is 0 Å². The van der Waals surface area contributed by atoms with Crippen molar-refractivity contribution in [3.05, 3.63) is 47.3 Å². The lowest BCUT2D eigenvalue weighted by molar-refractivity contribution is -0.577. The van der Waals surface area contributed by atoms with Crippen molar-refractivity contribution in [3.63, 3.8) is 0 Å². The second kappa shape index (κ2) is 2.98. The van der Waals surface area contributed by atoms with E-state index >= 15 is 0 Å². The Bertz CT molecular complexity index is 561. The topological polar surface area (TPSA) is 36.2 Å². The molecule has 1 aromatic carbocycles. The quantitative estimate of drug-likeness (QED) is 0.479. The molecule has 0 amide bonds. The van der Waals surface area contributed by atoms with E-state index in [0.717, 1.165) is 21.4 Å². The Morgan fingerprint density at radius 1 is 1.33 bits per heavy atom. The summed E-state index contributed by atoms with van der Waals surface area (Å²) in [5, 5.41) is 12.4. The molecule has 0 fully saturated rings. The fourth-order valence-electron chi connectivity index (χ4n) is 1.80. The summed E-state index contributed by atoms with van der Waals surface area (Å²) in [6.45, 7) is 0.600. The van der Waals surface area contributed by atoms with E-state index in [0.29, 0.717) is 12.1 Å². The zero-order valence-corrected chi connectivity index (χ0v) is 8.01. The van der Waals surface area contributed by atoms with Gasteiger partial charge >= 0.3 is 0 Å². The highest BCUT2D eigenvalue weighted by Gasteiger charge is 2.11. The van der Waals surface area contributed by atoms with Crippen LogP contribution in [0.2, 0.25) is 0 Å². The molecular weight excluding hydrogens is 190 g/mol. The van der Waals surface area contributed by atoms with Crippen molar-refractivity contribution in [3.8, 4) is 5.75 Å². The van der Waals surface area contributed by atoms with Crippen LogP contribution in [0.1, 0.15) is 5.56 Å². The Morgan fingerprint density at radius 3 is 3.20 bits per heavy atom. The molecule has 3 nitrogen and oxygen atoms in total. The van der Waals surface area contributed by atoms with Crippen LogP contribution in [-0.2, 0) is 0 Å². The predicted octanol–water partition coefficient (Wildman–Crippen LogP) is 1.88. The summed E-state index contributed by atoms with van der Waals surface area (Å²) < 4.78 is 6.35. The fourth-order valence-corrected chi connectivity index (χ4v) is 1.80. The van der Waals surface area contributed by atoms with Crippen LogP contribution in [0.3, 0.4) is 0 Å². The van der Waals surface area contributed by atoms with Crippen molar-refractivity contribution in [1.82, 2.24) is 0 Å². The minimum absolute atomic E-state index is 0.600. The summed E-state index contributed by atoms with van der Waals surface area (Å²) in [7, 11) is 0. The lowest BCUT2D eigenvalue weighted by atomic mass is 10.1. The number of rotatable bonds is 0. The van der Waals surface area contributed by atoms with Gasteiger partial charge in [-0.1, -0.05) is 6.08 Å². The van der Waals surface area contributed by atoms with Gasteiger partial charge < -0.3 is 9.94 Å². The van der Waals surface area contributed by atoms with Crippen molar-refractivity contribution in [2.45, 2.75) is 0 Å². The standard InChI is InChI=1S/C12H9NO2/c14-13-5-1-3-9-8-12-10(7-11(9)13)4-2-6-15-12/h1-5,7-8H,6H2. The molecule has 1 aromatic heterocycles. The summed E-state index contributed by atoms with van der Waals surface area (Å²) >= 11 is 0. The fraction of sp³-hybridized carbons (Fsp3) is 0.0833. The van der Waals surface area contributed by atoms with Gasteiger partial charge in [-0.2, -0.15) is 4.73 Å². The monoisotopic (exact) mass is 199 g/mol. The molecule has 3 heteroatoms. The van der Waals surface area contributed by atoms with Crippen LogP contribution in [0.5, 0.6) is 5.75 Å². The largest absolute Gasteiger partial charge is 0.618 e. The summed E-state index contributed by atoms with van der Waals surface area (Å²) in [5.41, 5.74) is 1.64. The van der Waals surface area contributed by atoms with Gasteiger partial charge in [0.2, 0.25) is 5.52 Å². The number of hydrogen-bond acceptors (Lipinski definition) is 2. The lowest BCUT2D eigenvalue weighted by Gasteiger charge is -2.12. The number of aromatic nitrogens is 1. The number of hydrogen-bond donors (Lipinski definition) is 0. The average molecular weight is 199 g/mol. The van der Waals surface area contributed by atoms with Crippen LogP contribution in [0.25, 0.3) is 17.0 Å². The first kappa shape index (κ1) is 8.29. The summed E-state index contributed by atoms with van der Waals surface area (Å²) in [6, 6.07) is 7.40. The normalized spacial score (nSPS) is 13.6. The van der Waals surface area contributed by atoms with Gasteiger partial charge in [0.05, 0.1) is 5.39 Å². The Labute approximate surface area is 86.8 Å².